The average Bonchev–Trinajstić information content (AvgIpc) is 3.12. The molecule has 9 heteroatoms. The van der Waals surface area contributed by atoms with Crippen LogP contribution in [0.2, 0.25) is 0 Å². The van der Waals surface area contributed by atoms with Crippen LogP contribution < -0.4 is 4.90 Å². The van der Waals surface area contributed by atoms with Gasteiger partial charge in [-0.3, -0.25) is 0 Å². The van der Waals surface area contributed by atoms with Gasteiger partial charge in [-0.05, 0) is 85.6 Å². The molecule has 0 amide bonds. The number of alkyl halides is 3. The minimum Gasteiger partial charge on any atom is -0.361 e. The molecule has 3 aromatic carbocycles. The maximum Gasteiger partial charge on any atom is 0.416 e. The summed E-state index contributed by atoms with van der Waals surface area (Å²) in [5.41, 5.74) is 2.65. The van der Waals surface area contributed by atoms with E-state index in [-0.39, 0.29) is 0 Å². The van der Waals surface area contributed by atoms with E-state index in [1.165, 1.54) is 12.1 Å². The van der Waals surface area contributed by atoms with E-state index in [9.17, 15) is 13.2 Å². The summed E-state index contributed by atoms with van der Waals surface area (Å²) in [4.78, 5) is 2.20. The molecule has 0 atom stereocenters. The fraction of sp³-hybridized carbons (Fsp3) is 0.250. The van der Waals surface area contributed by atoms with Crippen LogP contribution in [0.1, 0.15) is 18.4 Å². The summed E-state index contributed by atoms with van der Waals surface area (Å²) in [5.74, 6) is 0. The Labute approximate surface area is 189 Å². The van der Waals surface area contributed by atoms with Crippen molar-refractivity contribution in [3.8, 4) is 0 Å². The third-order valence-electron chi connectivity index (χ3n) is 5.03. The van der Waals surface area contributed by atoms with Gasteiger partial charge in [-0.15, -0.1) is 0 Å². The normalized spacial score (nSPS) is 15.3. The average molecular weight is 453 g/mol. The fourth-order valence-electron chi connectivity index (χ4n) is 3.21. The molecular weight excluding hydrogens is 431 g/mol. The highest BCUT2D eigenvalue weighted by Crippen LogP contribution is 2.31. The van der Waals surface area contributed by atoms with Gasteiger partial charge in [0.1, 0.15) is 6.73 Å². The van der Waals surface area contributed by atoms with E-state index in [2.05, 4.69) is 25.4 Å². The van der Waals surface area contributed by atoms with Crippen molar-refractivity contribution < 1.29 is 17.9 Å². The minimum atomic E-state index is -4.37. The molecule has 1 saturated heterocycles. The highest BCUT2D eigenvalue weighted by molar-refractivity contribution is 5.53. The molecule has 6 nitrogen and oxygen atoms in total. The van der Waals surface area contributed by atoms with E-state index in [0.29, 0.717) is 23.8 Å². The lowest BCUT2D eigenvalue weighted by Crippen LogP contribution is -2.24. The molecule has 4 rings (SSSR count). The first-order valence-corrected chi connectivity index (χ1v) is 10.5. The lowest BCUT2D eigenvalue weighted by atomic mass is 10.2. The SMILES string of the molecule is FC(F)(F)c1ccc(N=Nc2ccc(N=Nc3ccc(N4CCCCOC4)cc3)cc2)cc1. The van der Waals surface area contributed by atoms with E-state index in [1.54, 1.807) is 24.3 Å². The standard InChI is InChI=1S/C24H22F3N5O/c25-24(26,27)18-3-5-19(6-4-18)28-29-20-7-9-21(10-8-20)30-31-22-11-13-23(14-12-22)32-15-1-2-16-33-17-32/h3-14H,1-2,15-17H2. The van der Waals surface area contributed by atoms with Crippen LogP contribution in [0, 0.1) is 0 Å². The van der Waals surface area contributed by atoms with E-state index >= 15 is 0 Å². The number of hydrogen-bond acceptors (Lipinski definition) is 6. The van der Waals surface area contributed by atoms with Gasteiger partial charge in [-0.25, -0.2) is 0 Å². The summed E-state index contributed by atoms with van der Waals surface area (Å²) in [6, 6.07) is 19.3. The van der Waals surface area contributed by atoms with Crippen LogP contribution in [0.5, 0.6) is 0 Å². The first kappa shape index (κ1) is 22.6. The van der Waals surface area contributed by atoms with Crippen LogP contribution in [0.15, 0.2) is 93.3 Å². The van der Waals surface area contributed by atoms with Gasteiger partial charge >= 0.3 is 6.18 Å². The maximum atomic E-state index is 12.6. The smallest absolute Gasteiger partial charge is 0.361 e. The summed E-state index contributed by atoms with van der Waals surface area (Å²) < 4.78 is 43.4. The van der Waals surface area contributed by atoms with Gasteiger partial charge in [0.25, 0.3) is 0 Å². The second kappa shape index (κ2) is 10.4. The zero-order valence-corrected chi connectivity index (χ0v) is 17.7. The molecule has 0 N–H and O–H groups in total. The Morgan fingerprint density at radius 2 is 1.09 bits per heavy atom. The molecule has 1 heterocycles. The number of benzene rings is 3. The number of nitrogens with zero attached hydrogens (tertiary/aromatic N) is 5. The number of azo groups is 2. The van der Waals surface area contributed by atoms with E-state index in [0.717, 1.165) is 49.5 Å². The quantitative estimate of drug-likeness (QED) is 0.366. The zero-order valence-electron chi connectivity index (χ0n) is 17.7. The van der Waals surface area contributed by atoms with E-state index < -0.39 is 11.7 Å². The van der Waals surface area contributed by atoms with Crippen LogP contribution in [-0.2, 0) is 10.9 Å². The summed E-state index contributed by atoms with van der Waals surface area (Å²) in [6.07, 6.45) is -2.18. The predicted octanol–water partition coefficient (Wildman–Crippen LogP) is 8.11. The molecule has 0 spiro atoms. The van der Waals surface area contributed by atoms with E-state index in [4.69, 9.17) is 4.74 Å². The number of anilines is 1. The molecule has 1 aliphatic heterocycles. The molecule has 0 unspecified atom stereocenters. The highest BCUT2D eigenvalue weighted by atomic mass is 19.4. The van der Waals surface area contributed by atoms with Gasteiger partial charge in [0.05, 0.1) is 28.3 Å². The monoisotopic (exact) mass is 453 g/mol. The van der Waals surface area contributed by atoms with Gasteiger partial charge in [0.15, 0.2) is 0 Å². The van der Waals surface area contributed by atoms with Crippen LogP contribution in [0.4, 0.5) is 41.6 Å². The Hall–Kier alpha value is -3.59. The number of halogens is 3. The van der Waals surface area contributed by atoms with Crippen LogP contribution >= 0.6 is 0 Å². The lowest BCUT2D eigenvalue weighted by molar-refractivity contribution is -0.137. The summed E-state index contributed by atoms with van der Waals surface area (Å²) in [5, 5.41) is 16.5. The van der Waals surface area contributed by atoms with Crippen molar-refractivity contribution in [2.24, 2.45) is 20.5 Å². The molecular formula is C24H22F3N5O. The van der Waals surface area contributed by atoms with Crippen molar-refractivity contribution in [1.29, 1.82) is 0 Å². The van der Waals surface area contributed by atoms with Crippen LogP contribution in [0.3, 0.4) is 0 Å². The largest absolute Gasteiger partial charge is 0.416 e. The summed E-state index contributed by atoms with van der Waals surface area (Å²) >= 11 is 0. The number of hydrogen-bond donors (Lipinski definition) is 0. The molecule has 1 aliphatic rings. The maximum absolute atomic E-state index is 12.6. The number of rotatable bonds is 5. The van der Waals surface area contributed by atoms with Crippen LogP contribution in [0.25, 0.3) is 0 Å². The lowest BCUT2D eigenvalue weighted by Gasteiger charge is -2.21. The van der Waals surface area contributed by atoms with Crippen molar-refractivity contribution in [3.05, 3.63) is 78.4 Å². The Morgan fingerprint density at radius 1 is 0.636 bits per heavy atom. The Balaban J connectivity index is 1.34. The molecule has 170 valence electrons. The van der Waals surface area contributed by atoms with Crippen molar-refractivity contribution >= 4 is 28.4 Å². The van der Waals surface area contributed by atoms with Crippen molar-refractivity contribution in [3.63, 3.8) is 0 Å². The van der Waals surface area contributed by atoms with Crippen molar-refractivity contribution in [1.82, 2.24) is 0 Å². The molecule has 0 aromatic heterocycles. The molecule has 0 saturated carbocycles. The Morgan fingerprint density at radius 3 is 1.58 bits per heavy atom. The van der Waals surface area contributed by atoms with Gasteiger partial charge in [0, 0.05) is 18.8 Å². The van der Waals surface area contributed by atoms with Gasteiger partial charge in [-0.2, -0.15) is 33.6 Å². The first-order chi connectivity index (χ1) is 16.0. The molecule has 0 bridgehead atoms. The summed E-state index contributed by atoms with van der Waals surface area (Å²) in [6.45, 7) is 2.38. The Kier molecular flexibility index (Phi) is 7.09. The fourth-order valence-corrected chi connectivity index (χ4v) is 3.21. The predicted molar refractivity (Wildman–Crippen MR) is 120 cm³/mol. The van der Waals surface area contributed by atoms with Crippen molar-refractivity contribution in [2.45, 2.75) is 19.0 Å². The minimum absolute atomic E-state index is 0.335. The molecule has 0 aliphatic carbocycles. The molecule has 0 radical (unpaired) electrons. The third-order valence-corrected chi connectivity index (χ3v) is 5.03. The van der Waals surface area contributed by atoms with Crippen LogP contribution in [-0.4, -0.2) is 19.9 Å². The molecule has 1 fully saturated rings. The van der Waals surface area contributed by atoms with Gasteiger partial charge in [-0.1, -0.05) is 0 Å². The number of ether oxygens (including phenoxy) is 1. The van der Waals surface area contributed by atoms with Crippen molar-refractivity contribution in [2.75, 3.05) is 24.8 Å². The first-order valence-electron chi connectivity index (χ1n) is 10.5. The molecule has 3 aromatic rings. The van der Waals surface area contributed by atoms with Gasteiger partial charge < -0.3 is 9.64 Å². The zero-order chi connectivity index (χ0) is 23.1. The second-order valence-electron chi connectivity index (χ2n) is 7.49. The topological polar surface area (TPSA) is 61.9 Å². The third kappa shape index (κ3) is 6.45. The van der Waals surface area contributed by atoms with Gasteiger partial charge in [0.2, 0.25) is 0 Å². The highest BCUT2D eigenvalue weighted by Gasteiger charge is 2.29. The Bertz CT molecular complexity index is 1090. The molecule has 33 heavy (non-hydrogen) atoms. The second-order valence-corrected chi connectivity index (χ2v) is 7.49. The summed E-state index contributed by atoms with van der Waals surface area (Å²) in [7, 11) is 0. The van der Waals surface area contributed by atoms with E-state index in [1.807, 2.05) is 24.3 Å².